The van der Waals surface area contributed by atoms with Gasteiger partial charge in [-0.3, -0.25) is 14.5 Å². The highest BCUT2D eigenvalue weighted by molar-refractivity contribution is 6.05. The molecule has 1 aromatic carbocycles. The zero-order chi connectivity index (χ0) is 20.4. The number of fused-ring (bicyclic) bond motifs is 1. The number of nitrogens with zero attached hydrogens (tertiary/aromatic N) is 2. The molecule has 6 heteroatoms. The summed E-state index contributed by atoms with van der Waals surface area (Å²) >= 11 is 0. The van der Waals surface area contributed by atoms with Gasteiger partial charge in [0.15, 0.2) is 0 Å². The number of imide groups is 1. The van der Waals surface area contributed by atoms with E-state index in [9.17, 15) is 14.7 Å². The summed E-state index contributed by atoms with van der Waals surface area (Å²) < 4.78 is 5.43. The van der Waals surface area contributed by atoms with Crippen LogP contribution < -0.4 is 4.74 Å². The highest BCUT2D eigenvalue weighted by Gasteiger charge is 2.47. The molecule has 2 atom stereocenters. The second-order valence-electron chi connectivity index (χ2n) is 8.75. The zero-order valence-corrected chi connectivity index (χ0v) is 17.3. The van der Waals surface area contributed by atoms with Crippen molar-refractivity contribution in [2.75, 3.05) is 33.3 Å². The van der Waals surface area contributed by atoms with E-state index in [2.05, 4.69) is 4.90 Å². The number of aliphatic hydroxyl groups is 1. The Kier molecular flexibility index (Phi) is 5.93. The minimum absolute atomic E-state index is 0.0536. The normalized spacial score (nSPS) is 27.2. The van der Waals surface area contributed by atoms with E-state index in [-0.39, 0.29) is 23.7 Å². The van der Waals surface area contributed by atoms with Crippen LogP contribution in [0.5, 0.6) is 5.75 Å². The quantitative estimate of drug-likeness (QED) is 0.743. The molecule has 1 aromatic rings. The Morgan fingerprint density at radius 3 is 2.28 bits per heavy atom. The minimum Gasteiger partial charge on any atom is -0.496 e. The third-order valence-corrected chi connectivity index (χ3v) is 7.08. The molecule has 2 unspecified atom stereocenters. The van der Waals surface area contributed by atoms with E-state index in [0.717, 1.165) is 63.1 Å². The average molecular weight is 401 g/mol. The molecule has 29 heavy (non-hydrogen) atoms. The molecule has 0 aromatic heterocycles. The van der Waals surface area contributed by atoms with E-state index in [1.807, 2.05) is 24.3 Å². The van der Waals surface area contributed by atoms with Crippen molar-refractivity contribution in [3.05, 3.63) is 29.8 Å². The summed E-state index contributed by atoms with van der Waals surface area (Å²) in [4.78, 5) is 29.0. The lowest BCUT2D eigenvalue weighted by Gasteiger charge is -2.39. The minimum atomic E-state index is -0.861. The Labute approximate surface area is 172 Å². The number of hydrogen-bond donors (Lipinski definition) is 1. The van der Waals surface area contributed by atoms with Gasteiger partial charge in [0.2, 0.25) is 11.8 Å². The average Bonchev–Trinajstić information content (AvgIpc) is 3.00. The number of hydrogen-bond acceptors (Lipinski definition) is 5. The van der Waals surface area contributed by atoms with E-state index in [0.29, 0.717) is 19.4 Å². The predicted molar refractivity (Wildman–Crippen MR) is 109 cm³/mol. The number of ether oxygens (including phenoxy) is 1. The maximum absolute atomic E-state index is 12.6. The zero-order valence-electron chi connectivity index (χ0n) is 17.3. The molecule has 4 rings (SSSR count). The second-order valence-corrected chi connectivity index (χ2v) is 8.75. The van der Waals surface area contributed by atoms with Crippen molar-refractivity contribution in [1.29, 1.82) is 0 Å². The highest BCUT2D eigenvalue weighted by atomic mass is 16.5. The first kappa shape index (κ1) is 20.4. The van der Waals surface area contributed by atoms with Crippen molar-refractivity contribution in [2.45, 2.75) is 50.5 Å². The van der Waals surface area contributed by atoms with E-state index in [4.69, 9.17) is 4.74 Å². The van der Waals surface area contributed by atoms with Crippen molar-refractivity contribution in [2.24, 2.45) is 11.8 Å². The van der Waals surface area contributed by atoms with Crippen LogP contribution in [0, 0.1) is 11.8 Å². The van der Waals surface area contributed by atoms with Crippen molar-refractivity contribution in [3.63, 3.8) is 0 Å². The number of likely N-dealkylation sites (tertiary alicyclic amines) is 2. The van der Waals surface area contributed by atoms with Crippen molar-refractivity contribution in [1.82, 2.24) is 9.80 Å². The first-order chi connectivity index (χ1) is 14.0. The third kappa shape index (κ3) is 3.92. The lowest BCUT2D eigenvalue weighted by Crippen LogP contribution is -2.43. The smallest absolute Gasteiger partial charge is 0.233 e. The molecule has 2 heterocycles. The monoisotopic (exact) mass is 400 g/mol. The first-order valence-electron chi connectivity index (χ1n) is 11.0. The maximum atomic E-state index is 12.6. The fourth-order valence-electron chi connectivity index (χ4n) is 5.35. The van der Waals surface area contributed by atoms with Crippen molar-refractivity contribution < 1.29 is 19.4 Å². The summed E-state index contributed by atoms with van der Waals surface area (Å²) in [5.41, 5.74) is -0.00215. The number of methoxy groups -OCH3 is 1. The van der Waals surface area contributed by atoms with E-state index >= 15 is 0 Å². The molecule has 2 aliphatic heterocycles. The van der Waals surface area contributed by atoms with Crippen LogP contribution in [0.3, 0.4) is 0 Å². The van der Waals surface area contributed by atoms with E-state index < -0.39 is 5.60 Å². The number of para-hydroxylation sites is 1. The van der Waals surface area contributed by atoms with Crippen LogP contribution in [-0.2, 0) is 15.2 Å². The summed E-state index contributed by atoms with van der Waals surface area (Å²) in [5.74, 6) is 0.743. The summed E-state index contributed by atoms with van der Waals surface area (Å²) in [6.45, 7) is 2.95. The fourth-order valence-corrected chi connectivity index (χ4v) is 5.35. The van der Waals surface area contributed by atoms with Crippen LogP contribution in [0.2, 0.25) is 0 Å². The van der Waals surface area contributed by atoms with Gasteiger partial charge in [-0.1, -0.05) is 31.0 Å². The van der Waals surface area contributed by atoms with Crippen LogP contribution in [0.25, 0.3) is 0 Å². The second kappa shape index (κ2) is 8.44. The molecular formula is C23H32N2O4. The Morgan fingerprint density at radius 2 is 1.66 bits per heavy atom. The Morgan fingerprint density at radius 1 is 1.03 bits per heavy atom. The Bertz CT molecular complexity index is 733. The van der Waals surface area contributed by atoms with Crippen LogP contribution in [-0.4, -0.2) is 60.0 Å². The molecule has 1 N–H and O–H groups in total. The van der Waals surface area contributed by atoms with Gasteiger partial charge < -0.3 is 14.7 Å². The van der Waals surface area contributed by atoms with Gasteiger partial charge in [-0.05, 0) is 44.7 Å². The topological polar surface area (TPSA) is 70.1 Å². The molecule has 0 bridgehead atoms. The van der Waals surface area contributed by atoms with Gasteiger partial charge in [-0.15, -0.1) is 0 Å². The number of rotatable bonds is 6. The predicted octanol–water partition coefficient (Wildman–Crippen LogP) is 2.54. The number of amides is 2. The maximum Gasteiger partial charge on any atom is 0.233 e. The summed E-state index contributed by atoms with van der Waals surface area (Å²) in [6, 6.07) is 7.68. The summed E-state index contributed by atoms with van der Waals surface area (Å²) in [6.07, 6.45) is 5.98. The van der Waals surface area contributed by atoms with Gasteiger partial charge in [-0.2, -0.15) is 0 Å². The van der Waals surface area contributed by atoms with Crippen molar-refractivity contribution >= 4 is 11.8 Å². The number of benzene rings is 1. The molecular weight excluding hydrogens is 368 g/mol. The summed E-state index contributed by atoms with van der Waals surface area (Å²) in [7, 11) is 1.63. The number of piperidine rings is 1. The van der Waals surface area contributed by atoms with Gasteiger partial charge in [-0.25, -0.2) is 0 Å². The van der Waals surface area contributed by atoms with Crippen molar-refractivity contribution in [3.8, 4) is 5.75 Å². The molecule has 3 fully saturated rings. The van der Waals surface area contributed by atoms with Gasteiger partial charge >= 0.3 is 0 Å². The van der Waals surface area contributed by atoms with Gasteiger partial charge in [0.05, 0.1) is 24.5 Å². The molecule has 0 radical (unpaired) electrons. The molecule has 3 aliphatic rings. The van der Waals surface area contributed by atoms with Gasteiger partial charge in [0.1, 0.15) is 5.75 Å². The standard InChI is InChI=1S/C23H32N2O4/c1-29-20-10-5-4-9-19(20)23(28)11-15-24(16-12-23)13-6-14-25-21(26)17-7-2-3-8-18(17)22(25)27/h4-5,9-10,17-18,28H,2-3,6-8,11-16H2,1H3. The fraction of sp³-hybridized carbons (Fsp3) is 0.652. The number of carbonyl (C=O) groups is 2. The SMILES string of the molecule is COc1ccccc1C1(O)CCN(CCCN2C(=O)C3CCCCC3C2=O)CC1. The molecule has 2 amide bonds. The molecule has 6 nitrogen and oxygen atoms in total. The van der Waals surface area contributed by atoms with Crippen LogP contribution in [0.15, 0.2) is 24.3 Å². The lowest BCUT2D eigenvalue weighted by atomic mass is 9.81. The highest BCUT2D eigenvalue weighted by Crippen LogP contribution is 2.39. The lowest BCUT2D eigenvalue weighted by molar-refractivity contribution is -0.140. The molecule has 0 spiro atoms. The first-order valence-corrected chi connectivity index (χ1v) is 11.0. The largest absolute Gasteiger partial charge is 0.496 e. The molecule has 1 saturated carbocycles. The van der Waals surface area contributed by atoms with Gasteiger partial charge in [0.25, 0.3) is 0 Å². The number of carbonyl (C=O) groups excluding carboxylic acids is 2. The van der Waals surface area contributed by atoms with E-state index in [1.54, 1.807) is 7.11 Å². The summed E-state index contributed by atoms with van der Waals surface area (Å²) in [5, 5.41) is 11.2. The van der Waals surface area contributed by atoms with Crippen LogP contribution in [0.1, 0.15) is 50.5 Å². The third-order valence-electron chi connectivity index (χ3n) is 7.08. The Hall–Kier alpha value is -1.92. The van der Waals surface area contributed by atoms with E-state index in [1.165, 1.54) is 4.90 Å². The Balaban J connectivity index is 1.27. The molecule has 2 saturated heterocycles. The van der Waals surface area contributed by atoms with Crippen LogP contribution >= 0.6 is 0 Å². The molecule has 1 aliphatic carbocycles. The van der Waals surface area contributed by atoms with Gasteiger partial charge in [0, 0.05) is 25.2 Å². The molecule has 158 valence electrons. The van der Waals surface area contributed by atoms with Crippen LogP contribution in [0.4, 0.5) is 0 Å².